The molecule has 0 aliphatic heterocycles. The van der Waals surface area contributed by atoms with Crippen LogP contribution in [0.25, 0.3) is 22.0 Å². The summed E-state index contributed by atoms with van der Waals surface area (Å²) in [6.07, 6.45) is 3.67. The molecule has 0 aliphatic carbocycles. The minimum Gasteiger partial charge on any atom is -0.252 e. The van der Waals surface area contributed by atoms with Gasteiger partial charge in [0.05, 0.1) is 5.52 Å². The number of aryl methyl sites for hydroxylation is 2. The maximum atomic E-state index is 4.72. The third-order valence-corrected chi connectivity index (χ3v) is 3.94. The topological polar surface area (TPSA) is 12.9 Å². The Morgan fingerprint density at radius 2 is 1.71 bits per heavy atom. The summed E-state index contributed by atoms with van der Waals surface area (Å²) in [5.41, 5.74) is 6.05. The molecule has 0 spiro atoms. The summed E-state index contributed by atoms with van der Waals surface area (Å²) in [6, 6.07) is 19.6. The molecule has 3 aromatic rings. The average Bonchev–Trinajstić information content (AvgIpc) is 2.53. The number of fused-ring (bicyclic) bond motifs is 1. The molecule has 0 bridgehead atoms. The second-order valence-electron chi connectivity index (χ2n) is 5.63. The smallest absolute Gasteiger partial charge is 0.0783 e. The lowest BCUT2D eigenvalue weighted by Gasteiger charge is -2.08. The standard InChI is InChI=1S/C20H21N/c1-3-4-6-16-10-13-17(14-11-16)19-8-5-7-18-12-9-15(2)21-20(18)19/h5,7-14H,3-4,6H2,1-2H3. The molecule has 0 saturated carbocycles. The highest BCUT2D eigenvalue weighted by Crippen LogP contribution is 2.27. The fraction of sp³-hybridized carbons (Fsp3) is 0.250. The molecule has 0 unspecified atom stereocenters. The van der Waals surface area contributed by atoms with Gasteiger partial charge in [0, 0.05) is 16.6 Å². The van der Waals surface area contributed by atoms with Crippen molar-refractivity contribution in [1.82, 2.24) is 4.98 Å². The van der Waals surface area contributed by atoms with Gasteiger partial charge in [-0.25, -0.2) is 0 Å². The van der Waals surface area contributed by atoms with Crippen LogP contribution < -0.4 is 0 Å². The number of benzene rings is 2. The first-order chi connectivity index (χ1) is 10.3. The highest BCUT2D eigenvalue weighted by atomic mass is 14.7. The van der Waals surface area contributed by atoms with Crippen molar-refractivity contribution in [3.63, 3.8) is 0 Å². The normalized spacial score (nSPS) is 11.0. The van der Waals surface area contributed by atoms with Crippen molar-refractivity contribution in [2.24, 2.45) is 0 Å². The van der Waals surface area contributed by atoms with Crippen LogP contribution in [0.5, 0.6) is 0 Å². The third kappa shape index (κ3) is 2.97. The summed E-state index contributed by atoms with van der Waals surface area (Å²) < 4.78 is 0. The summed E-state index contributed by atoms with van der Waals surface area (Å²) >= 11 is 0. The van der Waals surface area contributed by atoms with Crippen molar-refractivity contribution in [1.29, 1.82) is 0 Å². The Bertz CT molecular complexity index is 741. The highest BCUT2D eigenvalue weighted by Gasteiger charge is 2.05. The van der Waals surface area contributed by atoms with E-state index < -0.39 is 0 Å². The first-order valence-electron chi connectivity index (χ1n) is 7.73. The van der Waals surface area contributed by atoms with Crippen molar-refractivity contribution in [2.45, 2.75) is 33.1 Å². The number of unbranched alkanes of at least 4 members (excludes halogenated alkanes) is 1. The molecular weight excluding hydrogens is 254 g/mol. The van der Waals surface area contributed by atoms with Gasteiger partial charge < -0.3 is 0 Å². The Balaban J connectivity index is 2.02. The molecule has 0 amide bonds. The number of hydrogen-bond donors (Lipinski definition) is 0. The monoisotopic (exact) mass is 275 g/mol. The van der Waals surface area contributed by atoms with Crippen molar-refractivity contribution >= 4 is 10.9 Å². The molecule has 1 aromatic heterocycles. The van der Waals surface area contributed by atoms with E-state index in [2.05, 4.69) is 61.5 Å². The third-order valence-electron chi connectivity index (χ3n) is 3.94. The predicted molar refractivity (Wildman–Crippen MR) is 90.5 cm³/mol. The van der Waals surface area contributed by atoms with Gasteiger partial charge in [-0.05, 0) is 37.0 Å². The van der Waals surface area contributed by atoms with Crippen molar-refractivity contribution in [2.75, 3.05) is 0 Å². The largest absolute Gasteiger partial charge is 0.252 e. The Labute approximate surface area is 126 Å². The SMILES string of the molecule is CCCCc1ccc(-c2cccc3ccc(C)nc23)cc1. The van der Waals surface area contributed by atoms with Gasteiger partial charge in [0.15, 0.2) is 0 Å². The molecule has 2 aromatic carbocycles. The lowest BCUT2D eigenvalue weighted by atomic mass is 9.99. The van der Waals surface area contributed by atoms with E-state index in [4.69, 9.17) is 4.98 Å². The first kappa shape index (κ1) is 13.8. The van der Waals surface area contributed by atoms with E-state index >= 15 is 0 Å². The van der Waals surface area contributed by atoms with E-state index in [1.807, 2.05) is 6.92 Å². The van der Waals surface area contributed by atoms with E-state index in [0.717, 1.165) is 11.2 Å². The van der Waals surface area contributed by atoms with Crippen molar-refractivity contribution < 1.29 is 0 Å². The van der Waals surface area contributed by atoms with Crippen LogP contribution in [0.1, 0.15) is 31.0 Å². The second-order valence-corrected chi connectivity index (χ2v) is 5.63. The van der Waals surface area contributed by atoms with E-state index in [-0.39, 0.29) is 0 Å². The fourth-order valence-electron chi connectivity index (χ4n) is 2.71. The van der Waals surface area contributed by atoms with Gasteiger partial charge in [-0.15, -0.1) is 0 Å². The molecule has 0 aliphatic rings. The Kier molecular flexibility index (Phi) is 4.01. The summed E-state index contributed by atoms with van der Waals surface area (Å²) in [6.45, 7) is 4.28. The van der Waals surface area contributed by atoms with Crippen LogP contribution in [0.3, 0.4) is 0 Å². The summed E-state index contributed by atoms with van der Waals surface area (Å²) in [5.74, 6) is 0. The number of pyridine rings is 1. The van der Waals surface area contributed by atoms with Gasteiger partial charge in [0.1, 0.15) is 0 Å². The van der Waals surface area contributed by atoms with Gasteiger partial charge >= 0.3 is 0 Å². The first-order valence-corrected chi connectivity index (χ1v) is 7.73. The second kappa shape index (κ2) is 6.09. The van der Waals surface area contributed by atoms with Gasteiger partial charge in [0.2, 0.25) is 0 Å². The number of rotatable bonds is 4. The molecule has 0 radical (unpaired) electrons. The van der Waals surface area contributed by atoms with Crippen LogP contribution in [0.2, 0.25) is 0 Å². The molecule has 3 rings (SSSR count). The Morgan fingerprint density at radius 3 is 2.48 bits per heavy atom. The lowest BCUT2D eigenvalue weighted by molar-refractivity contribution is 0.795. The number of nitrogens with zero attached hydrogens (tertiary/aromatic N) is 1. The zero-order valence-corrected chi connectivity index (χ0v) is 12.8. The van der Waals surface area contributed by atoms with Gasteiger partial charge in [-0.3, -0.25) is 4.98 Å². The molecule has 0 saturated heterocycles. The molecule has 21 heavy (non-hydrogen) atoms. The lowest BCUT2D eigenvalue weighted by Crippen LogP contribution is -1.89. The van der Waals surface area contributed by atoms with E-state index in [1.165, 1.54) is 41.3 Å². The number of hydrogen-bond acceptors (Lipinski definition) is 1. The van der Waals surface area contributed by atoms with Crippen LogP contribution in [0.4, 0.5) is 0 Å². The zero-order chi connectivity index (χ0) is 14.7. The van der Waals surface area contributed by atoms with Gasteiger partial charge in [-0.2, -0.15) is 0 Å². The molecule has 1 nitrogen and oxygen atoms in total. The molecule has 0 fully saturated rings. The number of para-hydroxylation sites is 1. The maximum Gasteiger partial charge on any atom is 0.0783 e. The van der Waals surface area contributed by atoms with Crippen LogP contribution in [-0.2, 0) is 6.42 Å². The van der Waals surface area contributed by atoms with Gasteiger partial charge in [-0.1, -0.05) is 61.9 Å². The van der Waals surface area contributed by atoms with Crippen LogP contribution in [-0.4, -0.2) is 4.98 Å². The predicted octanol–water partition coefficient (Wildman–Crippen LogP) is 5.55. The summed E-state index contributed by atoms with van der Waals surface area (Å²) in [4.78, 5) is 4.72. The fourth-order valence-corrected chi connectivity index (χ4v) is 2.71. The minimum absolute atomic E-state index is 1.06. The molecule has 0 atom stereocenters. The Morgan fingerprint density at radius 1 is 0.905 bits per heavy atom. The Hall–Kier alpha value is -2.15. The van der Waals surface area contributed by atoms with Crippen molar-refractivity contribution in [3.05, 3.63) is 65.9 Å². The number of aromatic nitrogens is 1. The minimum atomic E-state index is 1.06. The van der Waals surface area contributed by atoms with Crippen LogP contribution in [0.15, 0.2) is 54.6 Å². The van der Waals surface area contributed by atoms with E-state index in [1.54, 1.807) is 0 Å². The molecule has 0 N–H and O–H groups in total. The van der Waals surface area contributed by atoms with E-state index in [0.29, 0.717) is 0 Å². The van der Waals surface area contributed by atoms with E-state index in [9.17, 15) is 0 Å². The van der Waals surface area contributed by atoms with Crippen LogP contribution >= 0.6 is 0 Å². The maximum absolute atomic E-state index is 4.72. The molecule has 1 heterocycles. The van der Waals surface area contributed by atoms with Crippen LogP contribution in [0, 0.1) is 6.92 Å². The molecule has 1 heteroatoms. The summed E-state index contributed by atoms with van der Waals surface area (Å²) in [5, 5.41) is 1.20. The summed E-state index contributed by atoms with van der Waals surface area (Å²) in [7, 11) is 0. The molecular formula is C20H21N. The highest BCUT2D eigenvalue weighted by molar-refractivity contribution is 5.93. The zero-order valence-electron chi connectivity index (χ0n) is 12.8. The molecule has 106 valence electrons. The van der Waals surface area contributed by atoms with Gasteiger partial charge in [0.25, 0.3) is 0 Å². The van der Waals surface area contributed by atoms with Crippen molar-refractivity contribution in [3.8, 4) is 11.1 Å². The average molecular weight is 275 g/mol. The quantitative estimate of drug-likeness (QED) is 0.608.